The molecular weight excluding hydrogens is 406 g/mol. The van der Waals surface area contributed by atoms with E-state index in [1.807, 2.05) is 23.7 Å². The van der Waals surface area contributed by atoms with Gasteiger partial charge in [0.05, 0.1) is 17.9 Å². The van der Waals surface area contributed by atoms with Gasteiger partial charge in [-0.3, -0.25) is 19.6 Å². The molecule has 0 aliphatic carbocycles. The number of anilines is 1. The quantitative estimate of drug-likeness (QED) is 0.637. The fourth-order valence-electron chi connectivity index (χ4n) is 4.22. The molecule has 0 unspecified atom stereocenters. The first-order chi connectivity index (χ1) is 15.0. The summed E-state index contributed by atoms with van der Waals surface area (Å²) in [5, 5.41) is 5.67. The van der Waals surface area contributed by atoms with Crippen LogP contribution in [-0.2, 0) is 11.3 Å². The van der Waals surface area contributed by atoms with E-state index in [-0.39, 0.29) is 5.91 Å². The van der Waals surface area contributed by atoms with E-state index in [9.17, 15) is 4.79 Å². The number of aromatic nitrogens is 2. The van der Waals surface area contributed by atoms with Gasteiger partial charge < -0.3 is 5.32 Å². The molecule has 0 atom stereocenters. The Balaban J connectivity index is 1.28. The Morgan fingerprint density at radius 3 is 2.45 bits per heavy atom. The summed E-state index contributed by atoms with van der Waals surface area (Å²) < 4.78 is 0. The first kappa shape index (κ1) is 21.6. The van der Waals surface area contributed by atoms with Gasteiger partial charge in [-0.05, 0) is 44.0 Å². The van der Waals surface area contributed by atoms with Crippen LogP contribution >= 0.6 is 11.3 Å². The normalized spacial score (nSPS) is 15.2. The monoisotopic (exact) mass is 435 g/mol. The van der Waals surface area contributed by atoms with Gasteiger partial charge in [0, 0.05) is 49.9 Å². The van der Waals surface area contributed by atoms with Crippen LogP contribution in [0.25, 0.3) is 11.3 Å². The van der Waals surface area contributed by atoms with Gasteiger partial charge in [0.25, 0.3) is 0 Å². The Morgan fingerprint density at radius 2 is 1.77 bits per heavy atom. The molecule has 6 nitrogen and oxygen atoms in total. The fraction of sp³-hybridized carbons (Fsp3) is 0.375. The number of amides is 1. The molecule has 1 N–H and O–H groups in total. The largest absolute Gasteiger partial charge is 0.301 e. The number of nitrogens with zero attached hydrogens (tertiary/aromatic N) is 4. The first-order valence-corrected chi connectivity index (χ1v) is 11.5. The number of hydrogen-bond donors (Lipinski definition) is 1. The number of nitrogens with one attached hydrogen (secondary N) is 1. The molecule has 3 aromatic rings. The van der Waals surface area contributed by atoms with Gasteiger partial charge in [-0.2, -0.15) is 0 Å². The van der Waals surface area contributed by atoms with E-state index in [1.165, 1.54) is 28.0 Å². The second kappa shape index (κ2) is 9.68. The van der Waals surface area contributed by atoms with Gasteiger partial charge in [0.2, 0.25) is 5.91 Å². The minimum Gasteiger partial charge on any atom is -0.301 e. The zero-order chi connectivity index (χ0) is 21.8. The Morgan fingerprint density at radius 1 is 1.06 bits per heavy atom. The van der Waals surface area contributed by atoms with Crippen LogP contribution in [0.4, 0.5) is 5.13 Å². The highest BCUT2D eigenvalue weighted by Gasteiger charge is 2.20. The molecule has 1 fully saturated rings. The van der Waals surface area contributed by atoms with Crippen LogP contribution in [0.1, 0.15) is 22.4 Å². The zero-order valence-electron chi connectivity index (χ0n) is 18.4. The fourth-order valence-corrected chi connectivity index (χ4v) is 4.94. The van der Waals surface area contributed by atoms with Crippen molar-refractivity contribution in [3.05, 3.63) is 64.3 Å². The maximum Gasteiger partial charge on any atom is 0.240 e. The lowest BCUT2D eigenvalue weighted by molar-refractivity contribution is -0.117. The Hall–Kier alpha value is -2.61. The minimum absolute atomic E-state index is 0.00331. The van der Waals surface area contributed by atoms with E-state index in [4.69, 9.17) is 0 Å². The summed E-state index contributed by atoms with van der Waals surface area (Å²) >= 11 is 1.48. The van der Waals surface area contributed by atoms with Crippen molar-refractivity contribution in [1.82, 2.24) is 19.8 Å². The average Bonchev–Trinajstić information content (AvgIpc) is 3.17. The molecule has 0 radical (unpaired) electrons. The van der Waals surface area contributed by atoms with Crippen LogP contribution in [0.2, 0.25) is 0 Å². The topological polar surface area (TPSA) is 61.4 Å². The van der Waals surface area contributed by atoms with Gasteiger partial charge in [-0.25, -0.2) is 4.98 Å². The van der Waals surface area contributed by atoms with Crippen molar-refractivity contribution in [3.63, 3.8) is 0 Å². The predicted octanol–water partition coefficient (Wildman–Crippen LogP) is 3.89. The van der Waals surface area contributed by atoms with Crippen molar-refractivity contribution in [2.45, 2.75) is 27.3 Å². The Kier molecular flexibility index (Phi) is 6.75. The molecule has 7 heteroatoms. The molecule has 1 aliphatic heterocycles. The number of hydrogen-bond acceptors (Lipinski definition) is 6. The maximum atomic E-state index is 12.6. The van der Waals surface area contributed by atoms with Gasteiger partial charge in [-0.15, -0.1) is 11.3 Å². The number of pyridine rings is 1. The predicted molar refractivity (Wildman–Crippen MR) is 126 cm³/mol. The summed E-state index contributed by atoms with van der Waals surface area (Å²) in [6.07, 6.45) is 1.83. The summed E-state index contributed by atoms with van der Waals surface area (Å²) in [6, 6.07) is 10.4. The van der Waals surface area contributed by atoms with Crippen LogP contribution < -0.4 is 5.32 Å². The Labute approximate surface area is 187 Å². The minimum atomic E-state index is -0.00331. The van der Waals surface area contributed by atoms with Crippen LogP contribution in [0.5, 0.6) is 0 Å². The number of carbonyl (C=O) groups is 1. The first-order valence-electron chi connectivity index (χ1n) is 10.7. The SMILES string of the molecule is Cc1cc(C)c(-c2csc(NC(=O)CN3CCN(Cc4ccccn4)CC3)n2)c(C)c1. The number of thiazole rings is 1. The lowest BCUT2D eigenvalue weighted by atomic mass is 9.98. The third kappa shape index (κ3) is 5.55. The highest BCUT2D eigenvalue weighted by molar-refractivity contribution is 7.14. The van der Waals surface area contributed by atoms with Gasteiger partial charge >= 0.3 is 0 Å². The van der Waals surface area contributed by atoms with Gasteiger partial charge in [0.15, 0.2) is 5.13 Å². The lowest BCUT2D eigenvalue weighted by Gasteiger charge is -2.33. The molecule has 0 bridgehead atoms. The molecule has 3 heterocycles. The molecule has 0 saturated carbocycles. The Bertz CT molecular complexity index is 1020. The molecule has 31 heavy (non-hydrogen) atoms. The summed E-state index contributed by atoms with van der Waals surface area (Å²) in [7, 11) is 0. The second-order valence-corrected chi connectivity index (χ2v) is 9.09. The summed E-state index contributed by atoms with van der Waals surface area (Å²) in [4.78, 5) is 26.2. The smallest absolute Gasteiger partial charge is 0.240 e. The van der Waals surface area contributed by atoms with Gasteiger partial charge in [0.1, 0.15) is 0 Å². The van der Waals surface area contributed by atoms with E-state index in [1.54, 1.807) is 0 Å². The molecule has 1 saturated heterocycles. The molecule has 1 amide bonds. The van der Waals surface area contributed by atoms with E-state index in [0.29, 0.717) is 11.7 Å². The lowest BCUT2D eigenvalue weighted by Crippen LogP contribution is -2.48. The average molecular weight is 436 g/mol. The number of aryl methyl sites for hydroxylation is 3. The third-order valence-electron chi connectivity index (χ3n) is 5.63. The van der Waals surface area contributed by atoms with Crippen molar-refractivity contribution < 1.29 is 4.79 Å². The number of carbonyl (C=O) groups excluding carboxylic acids is 1. The van der Waals surface area contributed by atoms with E-state index in [2.05, 4.69) is 64.1 Å². The summed E-state index contributed by atoms with van der Waals surface area (Å²) in [5.74, 6) is -0.00331. The van der Waals surface area contributed by atoms with Gasteiger partial charge in [-0.1, -0.05) is 23.8 Å². The van der Waals surface area contributed by atoms with Crippen molar-refractivity contribution in [2.75, 3.05) is 38.0 Å². The molecule has 4 rings (SSSR count). The van der Waals surface area contributed by atoms with Crippen molar-refractivity contribution in [2.24, 2.45) is 0 Å². The maximum absolute atomic E-state index is 12.6. The molecule has 1 aromatic carbocycles. The molecule has 1 aliphatic rings. The number of rotatable bonds is 6. The molecule has 2 aromatic heterocycles. The molecule has 0 spiro atoms. The van der Waals surface area contributed by atoms with Crippen LogP contribution in [-0.4, -0.2) is 58.4 Å². The number of piperazine rings is 1. The zero-order valence-corrected chi connectivity index (χ0v) is 19.2. The van der Waals surface area contributed by atoms with E-state index in [0.717, 1.165) is 49.7 Å². The van der Waals surface area contributed by atoms with E-state index >= 15 is 0 Å². The summed E-state index contributed by atoms with van der Waals surface area (Å²) in [6.45, 7) is 11.2. The van der Waals surface area contributed by atoms with Crippen LogP contribution in [0, 0.1) is 20.8 Å². The van der Waals surface area contributed by atoms with Crippen molar-refractivity contribution >= 4 is 22.4 Å². The number of benzene rings is 1. The van der Waals surface area contributed by atoms with Crippen LogP contribution in [0.15, 0.2) is 41.9 Å². The summed E-state index contributed by atoms with van der Waals surface area (Å²) in [5.41, 5.74) is 6.85. The van der Waals surface area contributed by atoms with E-state index < -0.39 is 0 Å². The highest BCUT2D eigenvalue weighted by atomic mass is 32.1. The molecule has 162 valence electrons. The van der Waals surface area contributed by atoms with Crippen molar-refractivity contribution in [1.29, 1.82) is 0 Å². The highest BCUT2D eigenvalue weighted by Crippen LogP contribution is 2.31. The second-order valence-electron chi connectivity index (χ2n) is 8.23. The van der Waals surface area contributed by atoms with Crippen molar-refractivity contribution in [3.8, 4) is 11.3 Å². The standard InChI is InChI=1S/C24H29N5OS/c1-17-12-18(2)23(19(3)13-17)21-16-31-24(26-21)27-22(30)15-29-10-8-28(9-11-29)14-20-6-4-5-7-25-20/h4-7,12-13,16H,8-11,14-15H2,1-3H3,(H,26,27,30). The van der Waals surface area contributed by atoms with Crippen LogP contribution in [0.3, 0.4) is 0 Å². The molecular formula is C24H29N5OS. The third-order valence-corrected chi connectivity index (χ3v) is 6.39.